The molecular weight excluding hydrogens is 386 g/mol. The summed E-state index contributed by atoms with van der Waals surface area (Å²) in [7, 11) is 0. The number of anilines is 1. The highest BCUT2D eigenvalue weighted by atomic mass is 79.9. The molecule has 0 saturated carbocycles. The van der Waals surface area contributed by atoms with Gasteiger partial charge in [0.05, 0.1) is 5.69 Å². The molecule has 3 rings (SSSR count). The van der Waals surface area contributed by atoms with E-state index in [-0.39, 0.29) is 11.7 Å². The van der Waals surface area contributed by atoms with Gasteiger partial charge in [-0.3, -0.25) is 4.79 Å². The van der Waals surface area contributed by atoms with E-state index in [0.29, 0.717) is 11.4 Å². The van der Waals surface area contributed by atoms with Gasteiger partial charge in [-0.25, -0.2) is 0 Å². The van der Waals surface area contributed by atoms with Gasteiger partial charge in [0.15, 0.2) is 11.5 Å². The fourth-order valence-electron chi connectivity index (χ4n) is 1.91. The third-order valence-corrected chi connectivity index (χ3v) is 3.68. The van der Waals surface area contributed by atoms with Crippen LogP contribution in [0, 0.1) is 0 Å². The van der Waals surface area contributed by atoms with Crippen LogP contribution in [0.1, 0.15) is 5.56 Å². The topological polar surface area (TPSA) is 38.3 Å². The Kier molecular flexibility index (Phi) is 3.63. The highest BCUT2D eigenvalue weighted by Gasteiger charge is 2.21. The normalized spacial score (nSPS) is 15.5. The lowest BCUT2D eigenvalue weighted by Crippen LogP contribution is -2.23. The second-order valence-electron chi connectivity index (χ2n) is 4.26. The predicted octanol–water partition coefficient (Wildman–Crippen LogP) is 4.58. The molecule has 20 heavy (non-hydrogen) atoms. The Hall–Kier alpha value is -1.59. The fourth-order valence-corrected chi connectivity index (χ4v) is 3.24. The molecule has 1 N–H and O–H groups in total. The van der Waals surface area contributed by atoms with Crippen molar-refractivity contribution in [3.63, 3.8) is 0 Å². The maximum Gasteiger partial charge on any atom is 0.291 e. The van der Waals surface area contributed by atoms with Crippen LogP contribution in [0.3, 0.4) is 0 Å². The van der Waals surface area contributed by atoms with Gasteiger partial charge in [0, 0.05) is 8.95 Å². The highest BCUT2D eigenvalue weighted by molar-refractivity contribution is 9.11. The van der Waals surface area contributed by atoms with Crippen LogP contribution in [0.2, 0.25) is 0 Å². The molecule has 0 fully saturated rings. The molecule has 0 saturated heterocycles. The largest absolute Gasteiger partial charge is 0.449 e. The molecule has 0 atom stereocenters. The Balaban J connectivity index is 1.98. The minimum Gasteiger partial charge on any atom is -0.449 e. The number of para-hydroxylation sites is 2. The van der Waals surface area contributed by atoms with E-state index >= 15 is 0 Å². The van der Waals surface area contributed by atoms with Crippen LogP contribution in [0.5, 0.6) is 5.75 Å². The molecule has 2 aromatic rings. The molecule has 2 aromatic carbocycles. The lowest BCUT2D eigenvalue weighted by Gasteiger charge is -2.19. The number of hydrogen-bond acceptors (Lipinski definition) is 2. The summed E-state index contributed by atoms with van der Waals surface area (Å²) in [4.78, 5) is 12.0. The van der Waals surface area contributed by atoms with Crippen LogP contribution < -0.4 is 10.1 Å². The smallest absolute Gasteiger partial charge is 0.291 e. The lowest BCUT2D eigenvalue weighted by molar-refractivity contribution is -0.115. The maximum absolute atomic E-state index is 12.0. The lowest BCUT2D eigenvalue weighted by atomic mass is 10.2. The van der Waals surface area contributed by atoms with Gasteiger partial charge in [0.2, 0.25) is 0 Å². The summed E-state index contributed by atoms with van der Waals surface area (Å²) in [6.45, 7) is 0. The molecule has 1 aliphatic heterocycles. The number of hydrogen-bond donors (Lipinski definition) is 1. The average Bonchev–Trinajstić information content (AvgIpc) is 2.38. The molecule has 0 radical (unpaired) electrons. The summed E-state index contributed by atoms with van der Waals surface area (Å²) in [6.07, 6.45) is 1.71. The van der Waals surface area contributed by atoms with Crippen LogP contribution in [0.25, 0.3) is 6.08 Å². The van der Waals surface area contributed by atoms with Crippen molar-refractivity contribution < 1.29 is 9.53 Å². The van der Waals surface area contributed by atoms with Crippen LogP contribution in [-0.4, -0.2) is 5.91 Å². The van der Waals surface area contributed by atoms with Crippen molar-refractivity contribution in [1.82, 2.24) is 0 Å². The molecule has 1 heterocycles. The number of benzene rings is 2. The first-order chi connectivity index (χ1) is 9.61. The number of nitrogens with one attached hydrogen (secondary N) is 1. The van der Waals surface area contributed by atoms with Gasteiger partial charge in [-0.1, -0.05) is 44.0 Å². The first kappa shape index (κ1) is 13.4. The molecule has 0 aromatic heterocycles. The number of rotatable bonds is 1. The number of halogens is 2. The summed E-state index contributed by atoms with van der Waals surface area (Å²) in [6, 6.07) is 13.1. The van der Waals surface area contributed by atoms with E-state index in [4.69, 9.17) is 4.74 Å². The van der Waals surface area contributed by atoms with Crippen LogP contribution >= 0.6 is 31.9 Å². The number of amides is 1. The Morgan fingerprint density at radius 2 is 1.75 bits per heavy atom. The van der Waals surface area contributed by atoms with Crippen molar-refractivity contribution in [3.05, 3.63) is 62.7 Å². The van der Waals surface area contributed by atoms with E-state index in [1.807, 2.05) is 36.4 Å². The predicted molar refractivity (Wildman–Crippen MR) is 85.5 cm³/mol. The standard InChI is InChI=1S/C15H9Br2NO2/c16-10-5-9(6-11(17)8-10)7-14-15(19)18-12-3-1-2-4-13(12)20-14/h1-8H,(H,18,19)/b14-7+. The minimum absolute atomic E-state index is 0.250. The van der Waals surface area contributed by atoms with E-state index < -0.39 is 0 Å². The number of carbonyl (C=O) groups is 1. The SMILES string of the molecule is O=C1Nc2ccccc2O/C1=C/c1cc(Br)cc(Br)c1. The molecule has 1 aliphatic rings. The summed E-state index contributed by atoms with van der Waals surface area (Å²) < 4.78 is 7.50. The van der Waals surface area contributed by atoms with E-state index in [1.165, 1.54) is 0 Å². The van der Waals surface area contributed by atoms with Crippen molar-refractivity contribution in [1.29, 1.82) is 0 Å². The summed E-state index contributed by atoms with van der Waals surface area (Å²) in [5.74, 6) is 0.668. The second kappa shape index (κ2) is 5.42. The van der Waals surface area contributed by atoms with Gasteiger partial charge in [0.25, 0.3) is 5.91 Å². The van der Waals surface area contributed by atoms with Gasteiger partial charge in [0.1, 0.15) is 0 Å². The minimum atomic E-state index is -0.250. The van der Waals surface area contributed by atoms with Gasteiger partial charge in [-0.15, -0.1) is 0 Å². The molecule has 1 amide bonds. The molecule has 0 unspecified atom stereocenters. The zero-order valence-electron chi connectivity index (χ0n) is 10.2. The third kappa shape index (κ3) is 2.78. The molecule has 100 valence electrons. The van der Waals surface area contributed by atoms with E-state index in [9.17, 15) is 4.79 Å². The average molecular weight is 395 g/mol. The Morgan fingerprint density at radius 1 is 1.05 bits per heavy atom. The van der Waals surface area contributed by atoms with Crippen molar-refractivity contribution in [2.24, 2.45) is 0 Å². The first-order valence-electron chi connectivity index (χ1n) is 5.88. The molecule has 0 aliphatic carbocycles. The van der Waals surface area contributed by atoms with E-state index in [2.05, 4.69) is 37.2 Å². The molecular formula is C15H9Br2NO2. The van der Waals surface area contributed by atoms with Crippen molar-refractivity contribution in [3.8, 4) is 5.75 Å². The molecule has 5 heteroatoms. The summed E-state index contributed by atoms with van der Waals surface area (Å²) in [5.41, 5.74) is 1.56. The van der Waals surface area contributed by atoms with Crippen molar-refractivity contribution in [2.75, 3.05) is 5.32 Å². The van der Waals surface area contributed by atoms with Crippen LogP contribution in [-0.2, 0) is 4.79 Å². The van der Waals surface area contributed by atoms with Gasteiger partial charge in [-0.05, 0) is 42.0 Å². The highest BCUT2D eigenvalue weighted by Crippen LogP contribution is 2.31. The fraction of sp³-hybridized carbons (Fsp3) is 0. The van der Waals surface area contributed by atoms with E-state index in [0.717, 1.165) is 14.5 Å². The van der Waals surface area contributed by atoms with Gasteiger partial charge < -0.3 is 10.1 Å². The molecule has 3 nitrogen and oxygen atoms in total. The first-order valence-corrected chi connectivity index (χ1v) is 7.46. The zero-order chi connectivity index (χ0) is 14.1. The molecule has 0 bridgehead atoms. The molecule has 0 spiro atoms. The monoisotopic (exact) mass is 393 g/mol. The number of ether oxygens (including phenoxy) is 1. The maximum atomic E-state index is 12.0. The summed E-state index contributed by atoms with van der Waals surface area (Å²) >= 11 is 6.84. The third-order valence-electron chi connectivity index (χ3n) is 2.76. The number of fused-ring (bicyclic) bond motifs is 1. The van der Waals surface area contributed by atoms with Crippen LogP contribution in [0.4, 0.5) is 5.69 Å². The van der Waals surface area contributed by atoms with Crippen molar-refractivity contribution in [2.45, 2.75) is 0 Å². The zero-order valence-corrected chi connectivity index (χ0v) is 13.4. The van der Waals surface area contributed by atoms with Gasteiger partial charge in [-0.2, -0.15) is 0 Å². The van der Waals surface area contributed by atoms with Gasteiger partial charge >= 0.3 is 0 Å². The summed E-state index contributed by atoms with van der Waals surface area (Å²) in [5, 5.41) is 2.80. The van der Waals surface area contributed by atoms with Crippen molar-refractivity contribution >= 4 is 49.5 Å². The Bertz CT molecular complexity index is 705. The van der Waals surface area contributed by atoms with E-state index in [1.54, 1.807) is 12.1 Å². The number of carbonyl (C=O) groups excluding carboxylic acids is 1. The second-order valence-corrected chi connectivity index (χ2v) is 6.10. The quantitative estimate of drug-likeness (QED) is 0.718. The Morgan fingerprint density at radius 3 is 2.50 bits per heavy atom. The van der Waals surface area contributed by atoms with Crippen LogP contribution in [0.15, 0.2) is 57.2 Å². The Labute approximate surface area is 132 Å².